The Balaban J connectivity index is 2.20. The molecule has 0 saturated heterocycles. The summed E-state index contributed by atoms with van der Waals surface area (Å²) < 4.78 is 13.4. The summed E-state index contributed by atoms with van der Waals surface area (Å²) in [4.78, 5) is 3.38. The SMILES string of the molecule is COc1ccc(-c2[nH]c(=S)n(C(C)C)c2-c2ccc(OC)cc2)cc1. The molecule has 0 spiro atoms. The summed E-state index contributed by atoms with van der Waals surface area (Å²) in [6, 6.07) is 16.3. The van der Waals surface area contributed by atoms with Crippen molar-refractivity contribution in [3.63, 3.8) is 0 Å². The normalized spacial score (nSPS) is 10.9. The number of nitrogens with one attached hydrogen (secondary N) is 1. The highest BCUT2D eigenvalue weighted by Gasteiger charge is 2.17. The molecule has 3 rings (SSSR count). The molecule has 2 aromatic carbocycles. The average molecular weight is 354 g/mol. The number of aromatic amines is 1. The van der Waals surface area contributed by atoms with Crippen LogP contribution >= 0.6 is 12.2 Å². The Kier molecular flexibility index (Phi) is 4.95. The first kappa shape index (κ1) is 17.3. The summed E-state index contributed by atoms with van der Waals surface area (Å²) in [6.45, 7) is 4.27. The first-order valence-corrected chi connectivity index (χ1v) is 8.59. The summed E-state index contributed by atoms with van der Waals surface area (Å²) in [5.41, 5.74) is 4.24. The first-order chi connectivity index (χ1) is 12.0. The lowest BCUT2D eigenvalue weighted by Gasteiger charge is -2.14. The third kappa shape index (κ3) is 3.33. The monoisotopic (exact) mass is 354 g/mol. The molecular formula is C20H22N2O2S. The second-order valence-corrected chi connectivity index (χ2v) is 6.46. The van der Waals surface area contributed by atoms with Crippen molar-refractivity contribution >= 4 is 12.2 Å². The summed E-state index contributed by atoms with van der Waals surface area (Å²) >= 11 is 5.59. The van der Waals surface area contributed by atoms with E-state index in [1.807, 2.05) is 36.4 Å². The van der Waals surface area contributed by atoms with E-state index < -0.39 is 0 Å². The minimum absolute atomic E-state index is 0.243. The molecule has 1 aromatic heterocycles. The molecule has 1 N–H and O–H groups in total. The van der Waals surface area contributed by atoms with Crippen molar-refractivity contribution in [1.82, 2.24) is 9.55 Å². The van der Waals surface area contributed by atoms with E-state index in [1.165, 1.54) is 0 Å². The highest BCUT2D eigenvalue weighted by molar-refractivity contribution is 7.71. The number of ether oxygens (including phenoxy) is 2. The Labute approximate surface area is 153 Å². The van der Waals surface area contributed by atoms with E-state index >= 15 is 0 Å². The molecule has 0 unspecified atom stereocenters. The Morgan fingerprint density at radius 1 is 0.840 bits per heavy atom. The minimum atomic E-state index is 0.243. The van der Waals surface area contributed by atoms with Gasteiger partial charge >= 0.3 is 0 Å². The molecule has 0 atom stereocenters. The fraction of sp³-hybridized carbons (Fsp3) is 0.250. The van der Waals surface area contributed by atoms with Crippen LogP contribution in [0.5, 0.6) is 11.5 Å². The van der Waals surface area contributed by atoms with Crippen molar-refractivity contribution in [2.24, 2.45) is 0 Å². The molecule has 0 saturated carbocycles. The molecule has 0 fully saturated rings. The molecule has 0 aliphatic heterocycles. The molecule has 3 aromatic rings. The Hall–Kier alpha value is -2.53. The van der Waals surface area contributed by atoms with Crippen LogP contribution < -0.4 is 9.47 Å². The maximum Gasteiger partial charge on any atom is 0.178 e. The maximum absolute atomic E-state index is 5.59. The average Bonchev–Trinajstić information content (AvgIpc) is 2.99. The number of aromatic nitrogens is 2. The van der Waals surface area contributed by atoms with E-state index in [4.69, 9.17) is 21.7 Å². The first-order valence-electron chi connectivity index (χ1n) is 8.18. The lowest BCUT2D eigenvalue weighted by Crippen LogP contribution is -2.03. The van der Waals surface area contributed by atoms with Crippen molar-refractivity contribution in [3.05, 3.63) is 53.3 Å². The standard InChI is InChI=1S/C20H22N2O2S/c1-13(2)22-19(15-7-11-17(24-4)12-8-15)18(21-20(22)25)14-5-9-16(23-3)10-6-14/h5-13H,1-4H3,(H,21,25). The second kappa shape index (κ2) is 7.15. The largest absolute Gasteiger partial charge is 0.497 e. The number of methoxy groups -OCH3 is 2. The highest BCUT2D eigenvalue weighted by Crippen LogP contribution is 2.35. The van der Waals surface area contributed by atoms with Gasteiger partial charge in [-0.3, -0.25) is 0 Å². The van der Waals surface area contributed by atoms with Gasteiger partial charge in [0.05, 0.1) is 25.6 Å². The van der Waals surface area contributed by atoms with E-state index in [9.17, 15) is 0 Å². The third-order valence-corrected chi connectivity index (χ3v) is 4.49. The van der Waals surface area contributed by atoms with Crippen LogP contribution in [0.1, 0.15) is 19.9 Å². The van der Waals surface area contributed by atoms with Crippen molar-refractivity contribution < 1.29 is 9.47 Å². The molecule has 5 heteroatoms. The van der Waals surface area contributed by atoms with Crippen LogP contribution in [0.4, 0.5) is 0 Å². The number of rotatable bonds is 5. The molecule has 130 valence electrons. The summed E-state index contributed by atoms with van der Waals surface area (Å²) in [5, 5.41) is 0. The number of benzene rings is 2. The number of imidazole rings is 1. The summed E-state index contributed by atoms with van der Waals surface area (Å²) in [7, 11) is 3.34. The van der Waals surface area contributed by atoms with E-state index in [0.29, 0.717) is 4.77 Å². The van der Waals surface area contributed by atoms with Gasteiger partial charge in [-0.2, -0.15) is 0 Å². The van der Waals surface area contributed by atoms with Gasteiger partial charge in [-0.25, -0.2) is 0 Å². The van der Waals surface area contributed by atoms with Gasteiger partial charge in [0.25, 0.3) is 0 Å². The Morgan fingerprint density at radius 3 is 1.76 bits per heavy atom. The number of H-pyrrole nitrogens is 1. The van der Waals surface area contributed by atoms with Crippen LogP contribution in [0.3, 0.4) is 0 Å². The zero-order chi connectivity index (χ0) is 18.0. The molecule has 0 aliphatic carbocycles. The number of hydrogen-bond donors (Lipinski definition) is 1. The zero-order valence-corrected chi connectivity index (χ0v) is 15.7. The van der Waals surface area contributed by atoms with Gasteiger partial charge < -0.3 is 19.0 Å². The molecular weight excluding hydrogens is 332 g/mol. The van der Waals surface area contributed by atoms with E-state index in [1.54, 1.807) is 14.2 Å². The highest BCUT2D eigenvalue weighted by atomic mass is 32.1. The molecule has 1 heterocycles. The van der Waals surface area contributed by atoms with Gasteiger partial charge in [0.15, 0.2) is 4.77 Å². The van der Waals surface area contributed by atoms with E-state index in [0.717, 1.165) is 34.0 Å². The van der Waals surface area contributed by atoms with Gasteiger partial charge in [-0.15, -0.1) is 0 Å². The van der Waals surface area contributed by atoms with Crippen LogP contribution in [0.2, 0.25) is 0 Å². The number of hydrogen-bond acceptors (Lipinski definition) is 3. The van der Waals surface area contributed by atoms with Gasteiger partial charge in [0.1, 0.15) is 11.5 Å². The topological polar surface area (TPSA) is 39.2 Å². The molecule has 4 nitrogen and oxygen atoms in total. The third-order valence-electron chi connectivity index (χ3n) is 4.19. The van der Waals surface area contributed by atoms with Crippen molar-refractivity contribution in [2.75, 3.05) is 14.2 Å². The lowest BCUT2D eigenvalue weighted by molar-refractivity contribution is 0.414. The van der Waals surface area contributed by atoms with Crippen molar-refractivity contribution in [3.8, 4) is 34.0 Å². The zero-order valence-electron chi connectivity index (χ0n) is 14.9. The van der Waals surface area contributed by atoms with Gasteiger partial charge in [-0.05, 0) is 74.6 Å². The maximum atomic E-state index is 5.59. The smallest absolute Gasteiger partial charge is 0.178 e. The molecule has 0 aliphatic rings. The number of nitrogens with zero attached hydrogens (tertiary/aromatic N) is 1. The minimum Gasteiger partial charge on any atom is -0.497 e. The predicted molar refractivity (Wildman–Crippen MR) is 104 cm³/mol. The van der Waals surface area contributed by atoms with Gasteiger partial charge in [0.2, 0.25) is 0 Å². The van der Waals surface area contributed by atoms with Gasteiger partial charge in [0, 0.05) is 17.2 Å². The van der Waals surface area contributed by atoms with E-state index in [2.05, 4.69) is 35.5 Å². The van der Waals surface area contributed by atoms with E-state index in [-0.39, 0.29) is 6.04 Å². The fourth-order valence-electron chi connectivity index (χ4n) is 2.94. The molecule has 0 radical (unpaired) electrons. The van der Waals surface area contributed by atoms with Gasteiger partial charge in [-0.1, -0.05) is 0 Å². The van der Waals surface area contributed by atoms with Crippen LogP contribution in [0.15, 0.2) is 48.5 Å². The Morgan fingerprint density at radius 2 is 1.32 bits per heavy atom. The van der Waals surface area contributed by atoms with Crippen LogP contribution in [0.25, 0.3) is 22.5 Å². The lowest BCUT2D eigenvalue weighted by atomic mass is 10.0. The fourth-order valence-corrected chi connectivity index (χ4v) is 3.34. The van der Waals surface area contributed by atoms with Crippen molar-refractivity contribution in [2.45, 2.75) is 19.9 Å². The summed E-state index contributed by atoms with van der Waals surface area (Å²) in [6.07, 6.45) is 0. The second-order valence-electron chi connectivity index (χ2n) is 6.07. The van der Waals surface area contributed by atoms with Crippen LogP contribution in [-0.2, 0) is 0 Å². The molecule has 0 bridgehead atoms. The van der Waals surface area contributed by atoms with Crippen molar-refractivity contribution in [1.29, 1.82) is 0 Å². The summed E-state index contributed by atoms with van der Waals surface area (Å²) in [5.74, 6) is 1.66. The van der Waals surface area contributed by atoms with Crippen LogP contribution in [0, 0.1) is 4.77 Å². The predicted octanol–water partition coefficient (Wildman–Crippen LogP) is 5.48. The quantitative estimate of drug-likeness (QED) is 0.617. The molecule has 0 amide bonds. The Bertz CT molecular complexity index is 906. The molecule has 25 heavy (non-hydrogen) atoms. The van der Waals surface area contributed by atoms with Crippen LogP contribution in [-0.4, -0.2) is 23.8 Å².